The van der Waals surface area contributed by atoms with Gasteiger partial charge in [-0.2, -0.15) is 18.3 Å². The molecule has 0 unspecified atom stereocenters. The molecule has 9 heteroatoms. The summed E-state index contributed by atoms with van der Waals surface area (Å²) in [4.78, 5) is 12.8. The lowest BCUT2D eigenvalue weighted by Crippen LogP contribution is -2.21. The second-order valence-electron chi connectivity index (χ2n) is 6.60. The van der Waals surface area contributed by atoms with E-state index in [9.17, 15) is 18.0 Å². The summed E-state index contributed by atoms with van der Waals surface area (Å²) < 4.78 is 47.8. The van der Waals surface area contributed by atoms with Crippen LogP contribution in [-0.4, -0.2) is 22.3 Å². The third kappa shape index (κ3) is 4.76. The fourth-order valence-corrected chi connectivity index (χ4v) is 3.03. The number of aromatic nitrogens is 2. The molecule has 3 aromatic rings. The summed E-state index contributed by atoms with van der Waals surface area (Å²) in [5, 5.41) is 6.55. The smallest absolute Gasteiger partial charge is 0.434 e. The van der Waals surface area contributed by atoms with E-state index in [1.165, 1.54) is 24.3 Å². The number of amides is 1. The molecule has 0 fully saturated rings. The van der Waals surface area contributed by atoms with Crippen molar-refractivity contribution in [2.24, 2.45) is 0 Å². The van der Waals surface area contributed by atoms with Gasteiger partial charge < -0.3 is 10.1 Å². The van der Waals surface area contributed by atoms with Crippen molar-refractivity contribution >= 4 is 23.2 Å². The molecule has 1 heterocycles. The van der Waals surface area contributed by atoms with Gasteiger partial charge >= 0.3 is 6.18 Å². The van der Waals surface area contributed by atoms with Gasteiger partial charge in [0, 0.05) is 5.02 Å². The Balaban J connectivity index is 2.00. The quantitative estimate of drug-likeness (QED) is 0.522. The Bertz CT molecular complexity index is 1060. The molecule has 0 saturated carbocycles. The molecule has 0 aliphatic carbocycles. The number of halogens is 4. The molecule has 0 saturated heterocycles. The number of rotatable bonds is 6. The third-order valence-corrected chi connectivity index (χ3v) is 4.42. The lowest BCUT2D eigenvalue weighted by atomic mass is 10.1. The molecule has 0 radical (unpaired) electrons. The second kappa shape index (κ2) is 8.79. The summed E-state index contributed by atoms with van der Waals surface area (Å²) in [6.45, 7) is 4.18. The Morgan fingerprint density at radius 2 is 2.00 bits per heavy atom. The number of benzene rings is 2. The van der Waals surface area contributed by atoms with Crippen LogP contribution in [0, 0.1) is 6.92 Å². The second-order valence-corrected chi connectivity index (χ2v) is 7.03. The Morgan fingerprint density at radius 3 is 2.67 bits per heavy atom. The van der Waals surface area contributed by atoms with E-state index < -0.39 is 23.3 Å². The first kappa shape index (κ1) is 21.7. The van der Waals surface area contributed by atoms with Crippen molar-refractivity contribution < 1.29 is 22.7 Å². The first-order chi connectivity index (χ1) is 14.2. The van der Waals surface area contributed by atoms with Crippen molar-refractivity contribution in [2.45, 2.75) is 26.4 Å². The largest absolute Gasteiger partial charge is 0.491 e. The van der Waals surface area contributed by atoms with Gasteiger partial charge in [-0.1, -0.05) is 30.7 Å². The van der Waals surface area contributed by atoms with Crippen LogP contribution in [0.25, 0.3) is 5.69 Å². The Hall–Kier alpha value is -3.00. The number of carbonyl (C=O) groups is 1. The molecule has 1 amide bonds. The molecule has 1 aromatic heterocycles. The van der Waals surface area contributed by atoms with E-state index in [0.29, 0.717) is 17.0 Å². The highest BCUT2D eigenvalue weighted by molar-refractivity contribution is 6.30. The maximum absolute atomic E-state index is 13.8. The van der Waals surface area contributed by atoms with E-state index in [-0.39, 0.29) is 16.4 Å². The molecule has 30 heavy (non-hydrogen) atoms. The van der Waals surface area contributed by atoms with Gasteiger partial charge in [-0.05, 0) is 49.2 Å². The number of hydrogen-bond donors (Lipinski definition) is 1. The fourth-order valence-electron chi connectivity index (χ4n) is 2.84. The zero-order chi connectivity index (χ0) is 21.9. The minimum Gasteiger partial charge on any atom is -0.491 e. The number of nitrogens with zero attached hydrogens (tertiary/aromatic N) is 2. The van der Waals surface area contributed by atoms with E-state index in [1.807, 2.05) is 13.8 Å². The van der Waals surface area contributed by atoms with Crippen molar-refractivity contribution in [1.29, 1.82) is 0 Å². The molecular weight excluding hydrogens is 419 g/mol. The molecular formula is C21H19ClF3N3O2. The molecule has 5 nitrogen and oxygen atoms in total. The highest BCUT2D eigenvalue weighted by Gasteiger charge is 2.40. The highest BCUT2D eigenvalue weighted by atomic mass is 35.5. The topological polar surface area (TPSA) is 56.1 Å². The zero-order valence-electron chi connectivity index (χ0n) is 16.3. The molecule has 0 atom stereocenters. The Morgan fingerprint density at radius 1 is 1.23 bits per heavy atom. The summed E-state index contributed by atoms with van der Waals surface area (Å²) in [5.41, 5.74) is -0.530. The van der Waals surface area contributed by atoms with E-state index in [2.05, 4.69) is 10.4 Å². The molecule has 0 bridgehead atoms. The third-order valence-electron chi connectivity index (χ3n) is 4.18. The molecule has 1 N–H and O–H groups in total. The number of aryl methyl sites for hydroxylation is 1. The predicted octanol–water partition coefficient (Wildman–Crippen LogP) is 5.89. The average molecular weight is 438 g/mol. The van der Waals surface area contributed by atoms with Crippen molar-refractivity contribution in [3.63, 3.8) is 0 Å². The maximum Gasteiger partial charge on any atom is 0.434 e. The first-order valence-corrected chi connectivity index (χ1v) is 9.54. The van der Waals surface area contributed by atoms with Crippen LogP contribution in [0.1, 0.15) is 35.0 Å². The molecule has 0 aliphatic heterocycles. The number of hydrogen-bond acceptors (Lipinski definition) is 3. The highest BCUT2D eigenvalue weighted by Crippen LogP contribution is 2.35. The Labute approximate surface area is 176 Å². The molecule has 158 valence electrons. The SMILES string of the molecule is CCCOc1cc(C)ccc1NC(=O)c1cnn(-c2cccc(Cl)c2)c1C(F)(F)F. The standard InChI is InChI=1S/C21H19ClF3N3O2/c1-3-9-30-18-10-13(2)7-8-17(18)27-20(29)16-12-26-28(19(16)21(23,24)25)15-6-4-5-14(22)11-15/h4-8,10-12H,3,9H2,1-2H3,(H,27,29). The summed E-state index contributed by atoms with van der Waals surface area (Å²) in [6.07, 6.45) is -3.19. The van der Waals surface area contributed by atoms with Crippen molar-refractivity contribution in [3.05, 3.63) is 70.5 Å². The average Bonchev–Trinajstić information content (AvgIpc) is 3.14. The summed E-state index contributed by atoms with van der Waals surface area (Å²) >= 11 is 5.89. The molecule has 2 aromatic carbocycles. The number of nitrogens with one attached hydrogen (secondary N) is 1. The van der Waals surface area contributed by atoms with Gasteiger partial charge in [-0.25, -0.2) is 4.68 Å². The van der Waals surface area contributed by atoms with Crippen LogP contribution in [0.2, 0.25) is 5.02 Å². The van der Waals surface area contributed by atoms with Gasteiger partial charge in [0.2, 0.25) is 0 Å². The van der Waals surface area contributed by atoms with Crippen LogP contribution in [0.15, 0.2) is 48.7 Å². The van der Waals surface area contributed by atoms with Crippen LogP contribution < -0.4 is 10.1 Å². The predicted molar refractivity (Wildman–Crippen MR) is 108 cm³/mol. The van der Waals surface area contributed by atoms with Crippen LogP contribution >= 0.6 is 11.6 Å². The number of anilines is 1. The number of carbonyl (C=O) groups excluding carboxylic acids is 1. The van der Waals surface area contributed by atoms with Crippen LogP contribution in [0.4, 0.5) is 18.9 Å². The molecule has 0 aliphatic rings. The van der Waals surface area contributed by atoms with Crippen molar-refractivity contribution in [2.75, 3.05) is 11.9 Å². The van der Waals surface area contributed by atoms with Crippen LogP contribution in [-0.2, 0) is 6.18 Å². The monoisotopic (exact) mass is 437 g/mol. The van der Waals surface area contributed by atoms with E-state index in [4.69, 9.17) is 16.3 Å². The lowest BCUT2D eigenvalue weighted by Gasteiger charge is -2.15. The van der Waals surface area contributed by atoms with Crippen LogP contribution in [0.5, 0.6) is 5.75 Å². The summed E-state index contributed by atoms with van der Waals surface area (Å²) in [5.74, 6) is -0.554. The summed E-state index contributed by atoms with van der Waals surface area (Å²) in [7, 11) is 0. The van der Waals surface area contributed by atoms with E-state index >= 15 is 0 Å². The minimum absolute atomic E-state index is 0.0937. The van der Waals surface area contributed by atoms with Crippen molar-refractivity contribution in [3.8, 4) is 11.4 Å². The summed E-state index contributed by atoms with van der Waals surface area (Å²) in [6, 6.07) is 10.8. The van der Waals surface area contributed by atoms with Gasteiger partial charge in [0.05, 0.1) is 29.7 Å². The molecule has 0 spiro atoms. The Kier molecular flexibility index (Phi) is 6.36. The van der Waals surface area contributed by atoms with E-state index in [0.717, 1.165) is 18.2 Å². The first-order valence-electron chi connectivity index (χ1n) is 9.16. The van der Waals surface area contributed by atoms with Gasteiger partial charge in [-0.3, -0.25) is 4.79 Å². The van der Waals surface area contributed by atoms with Crippen LogP contribution in [0.3, 0.4) is 0 Å². The zero-order valence-corrected chi connectivity index (χ0v) is 17.0. The van der Waals surface area contributed by atoms with Gasteiger partial charge in [0.15, 0.2) is 5.69 Å². The van der Waals surface area contributed by atoms with Gasteiger partial charge in [-0.15, -0.1) is 0 Å². The van der Waals surface area contributed by atoms with E-state index in [1.54, 1.807) is 18.2 Å². The molecule has 3 rings (SSSR count). The van der Waals surface area contributed by atoms with Gasteiger partial charge in [0.25, 0.3) is 5.91 Å². The minimum atomic E-state index is -4.82. The van der Waals surface area contributed by atoms with Crippen molar-refractivity contribution in [1.82, 2.24) is 9.78 Å². The maximum atomic E-state index is 13.8. The lowest BCUT2D eigenvalue weighted by molar-refractivity contribution is -0.143. The van der Waals surface area contributed by atoms with Gasteiger partial charge in [0.1, 0.15) is 5.75 Å². The number of ether oxygens (including phenoxy) is 1. The fraction of sp³-hybridized carbons (Fsp3) is 0.238. The normalized spacial score (nSPS) is 11.4. The number of alkyl halides is 3.